The van der Waals surface area contributed by atoms with Crippen LogP contribution in [-0.2, 0) is 4.79 Å². The summed E-state index contributed by atoms with van der Waals surface area (Å²) in [5.41, 5.74) is 2.08. The second-order valence-corrected chi connectivity index (χ2v) is 7.70. The molecule has 25 heavy (non-hydrogen) atoms. The third-order valence-electron chi connectivity index (χ3n) is 5.27. The first-order valence-corrected chi connectivity index (χ1v) is 9.92. The molecule has 1 fully saturated rings. The topological polar surface area (TPSA) is 37.4 Å². The summed E-state index contributed by atoms with van der Waals surface area (Å²) >= 11 is 0. The van der Waals surface area contributed by atoms with Crippen LogP contribution in [0.1, 0.15) is 87.6 Å². The Morgan fingerprint density at radius 3 is 2.52 bits per heavy atom. The largest absolute Gasteiger partial charge is 0.343 e. The zero-order valence-electron chi connectivity index (χ0n) is 16.1. The van der Waals surface area contributed by atoms with Crippen molar-refractivity contribution in [3.63, 3.8) is 0 Å². The third kappa shape index (κ3) is 5.98. The summed E-state index contributed by atoms with van der Waals surface area (Å²) in [6.07, 6.45) is 6.62. The van der Waals surface area contributed by atoms with Gasteiger partial charge in [0.15, 0.2) is 5.78 Å². The lowest BCUT2D eigenvalue weighted by Crippen LogP contribution is -2.37. The molecule has 3 nitrogen and oxygen atoms in total. The maximum atomic E-state index is 12.3. The number of amides is 1. The van der Waals surface area contributed by atoms with Gasteiger partial charge < -0.3 is 4.90 Å². The smallest absolute Gasteiger partial charge is 0.222 e. The van der Waals surface area contributed by atoms with Gasteiger partial charge in [-0.3, -0.25) is 9.59 Å². The lowest BCUT2D eigenvalue weighted by atomic mass is 9.88. The molecule has 0 aliphatic carbocycles. The number of hydrogen-bond donors (Lipinski definition) is 0. The van der Waals surface area contributed by atoms with Crippen LogP contribution in [0.4, 0.5) is 0 Å². The maximum absolute atomic E-state index is 12.3. The van der Waals surface area contributed by atoms with Gasteiger partial charge in [0, 0.05) is 31.5 Å². The van der Waals surface area contributed by atoms with E-state index in [-0.39, 0.29) is 5.78 Å². The van der Waals surface area contributed by atoms with E-state index >= 15 is 0 Å². The Labute approximate surface area is 152 Å². The Bertz CT molecular complexity index is 571. The van der Waals surface area contributed by atoms with Crippen LogP contribution >= 0.6 is 0 Å². The first-order chi connectivity index (χ1) is 12.0. The molecule has 0 aromatic heterocycles. The molecule has 0 radical (unpaired) electrons. The Kier molecular flexibility index (Phi) is 7.67. The number of Topliss-reactive ketones (excluding diaryl/α,β-unsaturated/α-hetero) is 1. The zero-order valence-corrected chi connectivity index (χ0v) is 16.1. The highest BCUT2D eigenvalue weighted by molar-refractivity contribution is 5.96. The fourth-order valence-corrected chi connectivity index (χ4v) is 3.62. The summed E-state index contributed by atoms with van der Waals surface area (Å²) in [6, 6.07) is 8.08. The number of ketones is 1. The molecule has 0 N–H and O–H groups in total. The zero-order chi connectivity index (χ0) is 18.2. The summed E-state index contributed by atoms with van der Waals surface area (Å²) in [7, 11) is 0. The number of carbonyl (C=O) groups excluding carboxylic acids is 2. The molecule has 1 aliphatic heterocycles. The fraction of sp³-hybridized carbons (Fsp3) is 0.636. The van der Waals surface area contributed by atoms with Gasteiger partial charge in [0.2, 0.25) is 5.91 Å². The van der Waals surface area contributed by atoms with Crippen LogP contribution in [0, 0.1) is 5.92 Å². The van der Waals surface area contributed by atoms with Gasteiger partial charge in [0.05, 0.1) is 0 Å². The molecule has 0 bridgehead atoms. The minimum Gasteiger partial charge on any atom is -0.343 e. The molecule has 0 unspecified atom stereocenters. The molecule has 1 aromatic rings. The number of carbonyl (C=O) groups is 2. The van der Waals surface area contributed by atoms with E-state index in [2.05, 4.69) is 26.0 Å². The Balaban J connectivity index is 1.81. The normalized spacial score (nSPS) is 15.6. The number of unbranched alkanes of at least 4 members (excludes halogenated alkanes) is 1. The summed E-state index contributed by atoms with van der Waals surface area (Å²) in [4.78, 5) is 26.3. The van der Waals surface area contributed by atoms with Crippen molar-refractivity contribution >= 4 is 11.7 Å². The second kappa shape index (κ2) is 9.74. The van der Waals surface area contributed by atoms with E-state index in [0.29, 0.717) is 24.7 Å². The van der Waals surface area contributed by atoms with E-state index in [4.69, 9.17) is 0 Å². The minimum atomic E-state index is 0.205. The lowest BCUT2D eigenvalue weighted by Gasteiger charge is -2.32. The van der Waals surface area contributed by atoms with Crippen molar-refractivity contribution in [2.24, 2.45) is 5.92 Å². The maximum Gasteiger partial charge on any atom is 0.222 e. The van der Waals surface area contributed by atoms with E-state index in [0.717, 1.165) is 50.3 Å². The van der Waals surface area contributed by atoms with E-state index < -0.39 is 0 Å². The van der Waals surface area contributed by atoms with Crippen LogP contribution in [0.25, 0.3) is 0 Å². The van der Waals surface area contributed by atoms with Crippen molar-refractivity contribution in [2.45, 2.75) is 71.6 Å². The predicted molar refractivity (Wildman–Crippen MR) is 103 cm³/mol. The Morgan fingerprint density at radius 2 is 1.88 bits per heavy atom. The fourth-order valence-electron chi connectivity index (χ4n) is 3.62. The van der Waals surface area contributed by atoms with Crippen molar-refractivity contribution in [3.8, 4) is 0 Å². The van der Waals surface area contributed by atoms with Gasteiger partial charge in [0.25, 0.3) is 0 Å². The van der Waals surface area contributed by atoms with Crippen LogP contribution in [0.2, 0.25) is 0 Å². The molecule has 0 atom stereocenters. The van der Waals surface area contributed by atoms with E-state index in [1.807, 2.05) is 24.0 Å². The number of nitrogens with zero attached hydrogens (tertiary/aromatic N) is 1. The van der Waals surface area contributed by atoms with Gasteiger partial charge in [-0.1, -0.05) is 51.8 Å². The van der Waals surface area contributed by atoms with Gasteiger partial charge in [0.1, 0.15) is 0 Å². The Morgan fingerprint density at radius 1 is 1.16 bits per heavy atom. The average Bonchev–Trinajstić information content (AvgIpc) is 2.64. The number of hydrogen-bond acceptors (Lipinski definition) is 2. The van der Waals surface area contributed by atoms with E-state index in [9.17, 15) is 9.59 Å². The van der Waals surface area contributed by atoms with Gasteiger partial charge in [-0.25, -0.2) is 0 Å². The molecule has 2 rings (SSSR count). The highest BCUT2D eigenvalue weighted by atomic mass is 16.2. The van der Waals surface area contributed by atoms with Gasteiger partial charge in [-0.05, 0) is 42.7 Å². The van der Waals surface area contributed by atoms with E-state index in [1.165, 1.54) is 12.0 Å². The highest BCUT2D eigenvalue weighted by Gasteiger charge is 2.23. The molecule has 1 aromatic carbocycles. The molecule has 1 aliphatic rings. The molecule has 0 spiro atoms. The highest BCUT2D eigenvalue weighted by Crippen LogP contribution is 2.29. The molecule has 138 valence electrons. The summed E-state index contributed by atoms with van der Waals surface area (Å²) in [5.74, 6) is 1.71. The summed E-state index contributed by atoms with van der Waals surface area (Å²) in [5, 5.41) is 0. The standard InChI is InChI=1S/C22H33NO2/c1-4-21(24)20-10-7-9-19(16-20)18-12-14-23(15-13-18)22(25)11-6-5-8-17(2)3/h7,9-10,16-18H,4-6,8,11-15H2,1-3H3. The predicted octanol–water partition coefficient (Wildman–Crippen LogP) is 5.20. The summed E-state index contributed by atoms with van der Waals surface area (Å²) in [6.45, 7) is 8.06. The van der Waals surface area contributed by atoms with Crippen LogP contribution in [-0.4, -0.2) is 29.7 Å². The molecule has 1 saturated heterocycles. The first-order valence-electron chi connectivity index (χ1n) is 9.92. The number of rotatable bonds is 8. The SMILES string of the molecule is CCC(=O)c1cccc(C2CCN(C(=O)CCCCC(C)C)CC2)c1. The monoisotopic (exact) mass is 343 g/mol. The van der Waals surface area contributed by atoms with E-state index in [1.54, 1.807) is 0 Å². The molecule has 1 amide bonds. The van der Waals surface area contributed by atoms with Crippen LogP contribution in [0.5, 0.6) is 0 Å². The van der Waals surface area contributed by atoms with Crippen LogP contribution < -0.4 is 0 Å². The molecular formula is C22H33NO2. The average molecular weight is 344 g/mol. The van der Waals surface area contributed by atoms with Gasteiger partial charge >= 0.3 is 0 Å². The van der Waals surface area contributed by atoms with Crippen molar-refractivity contribution < 1.29 is 9.59 Å². The van der Waals surface area contributed by atoms with Gasteiger partial charge in [-0.15, -0.1) is 0 Å². The third-order valence-corrected chi connectivity index (χ3v) is 5.27. The van der Waals surface area contributed by atoms with Crippen LogP contribution in [0.3, 0.4) is 0 Å². The van der Waals surface area contributed by atoms with Crippen molar-refractivity contribution in [3.05, 3.63) is 35.4 Å². The van der Waals surface area contributed by atoms with Crippen molar-refractivity contribution in [1.82, 2.24) is 4.90 Å². The molecule has 3 heteroatoms. The Hall–Kier alpha value is -1.64. The minimum absolute atomic E-state index is 0.205. The van der Waals surface area contributed by atoms with Crippen molar-refractivity contribution in [2.75, 3.05) is 13.1 Å². The number of piperidine rings is 1. The lowest BCUT2D eigenvalue weighted by molar-refractivity contribution is -0.132. The quantitative estimate of drug-likeness (QED) is 0.480. The number of likely N-dealkylation sites (tertiary alicyclic amines) is 1. The first kappa shape index (κ1) is 19.7. The number of benzene rings is 1. The van der Waals surface area contributed by atoms with Crippen LogP contribution in [0.15, 0.2) is 24.3 Å². The second-order valence-electron chi connectivity index (χ2n) is 7.70. The molecule has 0 saturated carbocycles. The molecule has 1 heterocycles. The summed E-state index contributed by atoms with van der Waals surface area (Å²) < 4.78 is 0. The molecular weight excluding hydrogens is 310 g/mol. The van der Waals surface area contributed by atoms with Gasteiger partial charge in [-0.2, -0.15) is 0 Å². The van der Waals surface area contributed by atoms with Crippen molar-refractivity contribution in [1.29, 1.82) is 0 Å².